The van der Waals surface area contributed by atoms with Gasteiger partial charge in [-0.05, 0) is 29.8 Å². The fourth-order valence-corrected chi connectivity index (χ4v) is 3.12. The van der Waals surface area contributed by atoms with Gasteiger partial charge in [-0.3, -0.25) is 9.78 Å². The molecule has 0 aliphatic heterocycles. The normalized spacial score (nSPS) is 12.2. The van der Waals surface area contributed by atoms with Gasteiger partial charge in [0.1, 0.15) is 5.39 Å². The fraction of sp³-hybridized carbons (Fsp3) is 0.150. The number of nitrogens with zero attached hydrogens (tertiary/aromatic N) is 3. The zero-order valence-corrected chi connectivity index (χ0v) is 15.8. The minimum Gasteiger partial charge on any atom is -0.382 e. The van der Waals surface area contributed by atoms with Crippen LogP contribution < -0.4 is 10.9 Å². The molecule has 2 aromatic heterocycles. The second kappa shape index (κ2) is 7.84. The molecule has 0 fully saturated rings. The lowest BCUT2D eigenvalue weighted by molar-refractivity contribution is 0.186. The van der Waals surface area contributed by atoms with E-state index in [-0.39, 0.29) is 11.6 Å². The number of nitrogens with one attached hydrogen (secondary N) is 2. The van der Waals surface area contributed by atoms with Crippen LogP contribution >= 0.6 is 11.6 Å². The molecular weight excluding hydrogens is 378 g/mol. The van der Waals surface area contributed by atoms with Gasteiger partial charge in [0.15, 0.2) is 5.65 Å². The van der Waals surface area contributed by atoms with Crippen LogP contribution in [0.1, 0.15) is 11.6 Å². The molecule has 2 aromatic carbocycles. The van der Waals surface area contributed by atoms with Crippen LogP contribution in [-0.4, -0.2) is 33.5 Å². The molecule has 4 aromatic rings. The number of hydrogen-bond donors (Lipinski definition) is 2. The van der Waals surface area contributed by atoms with Gasteiger partial charge in [0, 0.05) is 12.1 Å². The topological polar surface area (TPSA) is 84.8 Å². The second-order valence-electron chi connectivity index (χ2n) is 6.25. The van der Waals surface area contributed by atoms with E-state index in [9.17, 15) is 4.79 Å². The monoisotopic (exact) mass is 395 g/mol. The molecule has 1 atom stereocenters. The van der Waals surface area contributed by atoms with Crippen LogP contribution in [0.4, 0.5) is 5.95 Å². The summed E-state index contributed by atoms with van der Waals surface area (Å²) >= 11 is 5.98. The van der Waals surface area contributed by atoms with Crippen LogP contribution in [-0.2, 0) is 4.74 Å². The van der Waals surface area contributed by atoms with Gasteiger partial charge in [-0.25, -0.2) is 4.68 Å². The van der Waals surface area contributed by atoms with E-state index in [2.05, 4.69) is 20.4 Å². The maximum Gasteiger partial charge on any atom is 0.263 e. The number of halogens is 1. The first-order chi connectivity index (χ1) is 13.7. The third-order valence-corrected chi connectivity index (χ3v) is 4.61. The summed E-state index contributed by atoms with van der Waals surface area (Å²) in [6, 6.07) is 16.8. The third kappa shape index (κ3) is 3.62. The summed E-state index contributed by atoms with van der Waals surface area (Å²) in [5.74, 6) is 0.340. The van der Waals surface area contributed by atoms with Gasteiger partial charge in [0.2, 0.25) is 5.95 Å². The molecular formula is C20H18ClN5O2. The molecule has 2 heterocycles. The Morgan fingerprint density at radius 1 is 1.18 bits per heavy atom. The largest absolute Gasteiger partial charge is 0.382 e. The molecule has 4 rings (SSSR count). The number of fused-ring (bicyclic) bond motifs is 1. The van der Waals surface area contributed by atoms with Gasteiger partial charge >= 0.3 is 0 Å². The van der Waals surface area contributed by atoms with E-state index in [1.165, 1.54) is 6.20 Å². The van der Waals surface area contributed by atoms with Crippen molar-refractivity contribution in [1.82, 2.24) is 19.7 Å². The summed E-state index contributed by atoms with van der Waals surface area (Å²) < 4.78 is 6.97. The van der Waals surface area contributed by atoms with Crippen LogP contribution in [0.15, 0.2) is 65.6 Å². The predicted molar refractivity (Wildman–Crippen MR) is 109 cm³/mol. The lowest BCUT2D eigenvalue weighted by atomic mass is 10.1. The highest BCUT2D eigenvalue weighted by Crippen LogP contribution is 2.21. The van der Waals surface area contributed by atoms with E-state index in [1.807, 2.05) is 54.6 Å². The Labute approximate surface area is 165 Å². The molecule has 0 saturated carbocycles. The number of hydrogen-bond acceptors (Lipinski definition) is 5. The third-order valence-electron chi connectivity index (χ3n) is 4.36. The van der Waals surface area contributed by atoms with E-state index < -0.39 is 0 Å². The molecule has 0 radical (unpaired) electrons. The number of ether oxygens (including phenoxy) is 1. The first-order valence-corrected chi connectivity index (χ1v) is 9.08. The standard InChI is InChI=1S/C20H18ClN5O2/c1-28-12-17(13-7-9-14(21)10-8-13)23-20-24-18-16(19(27)25-20)11-22-26(18)15-5-3-2-4-6-15/h2-11,17H,12H2,1H3,(H2,23,24,25,27). The quantitative estimate of drug-likeness (QED) is 0.521. The Bertz CT molecular complexity index is 1140. The molecule has 0 saturated heterocycles. The van der Waals surface area contributed by atoms with Gasteiger partial charge < -0.3 is 10.1 Å². The number of rotatable bonds is 6. The molecule has 0 spiro atoms. The molecule has 2 N–H and O–H groups in total. The summed E-state index contributed by atoms with van der Waals surface area (Å²) in [4.78, 5) is 19.9. The Morgan fingerprint density at radius 3 is 2.64 bits per heavy atom. The van der Waals surface area contributed by atoms with Crippen molar-refractivity contribution in [2.45, 2.75) is 6.04 Å². The number of anilines is 1. The van der Waals surface area contributed by atoms with Crippen LogP contribution in [0.2, 0.25) is 5.02 Å². The molecule has 0 amide bonds. The van der Waals surface area contributed by atoms with Gasteiger partial charge in [-0.1, -0.05) is 41.9 Å². The number of H-pyrrole nitrogens is 1. The molecule has 28 heavy (non-hydrogen) atoms. The highest BCUT2D eigenvalue weighted by atomic mass is 35.5. The first-order valence-electron chi connectivity index (χ1n) is 8.70. The highest BCUT2D eigenvalue weighted by molar-refractivity contribution is 6.30. The van der Waals surface area contributed by atoms with Crippen molar-refractivity contribution in [1.29, 1.82) is 0 Å². The van der Waals surface area contributed by atoms with Crippen molar-refractivity contribution in [2.75, 3.05) is 19.0 Å². The molecule has 142 valence electrons. The number of methoxy groups -OCH3 is 1. The Kier molecular flexibility index (Phi) is 5.10. The van der Waals surface area contributed by atoms with Crippen LogP contribution in [0.5, 0.6) is 0 Å². The van der Waals surface area contributed by atoms with Crippen molar-refractivity contribution in [2.24, 2.45) is 0 Å². The lowest BCUT2D eigenvalue weighted by Gasteiger charge is -2.19. The summed E-state index contributed by atoms with van der Waals surface area (Å²) in [7, 11) is 1.62. The number of aromatic amines is 1. The molecule has 0 bridgehead atoms. The van der Waals surface area contributed by atoms with E-state index in [0.717, 1.165) is 11.3 Å². The second-order valence-corrected chi connectivity index (χ2v) is 6.68. The molecule has 7 nitrogen and oxygen atoms in total. The maximum absolute atomic E-state index is 12.5. The summed E-state index contributed by atoms with van der Waals surface area (Å²) in [5, 5.41) is 8.63. The van der Waals surface area contributed by atoms with Gasteiger partial charge in [-0.15, -0.1) is 0 Å². The van der Waals surface area contributed by atoms with E-state index in [1.54, 1.807) is 11.8 Å². The minimum atomic E-state index is -0.262. The molecule has 1 unspecified atom stereocenters. The Balaban J connectivity index is 1.73. The predicted octanol–water partition coefficient (Wildman–Crippen LogP) is 3.56. The van der Waals surface area contributed by atoms with Crippen LogP contribution in [0.3, 0.4) is 0 Å². The zero-order chi connectivity index (χ0) is 19.5. The van der Waals surface area contributed by atoms with E-state index in [4.69, 9.17) is 16.3 Å². The SMILES string of the molecule is COCC(Nc1nc2c(cnn2-c2ccccc2)c(=O)[nH]1)c1ccc(Cl)cc1. The van der Waals surface area contributed by atoms with Gasteiger partial charge in [0.05, 0.1) is 24.5 Å². The van der Waals surface area contributed by atoms with Crippen molar-refractivity contribution in [3.05, 3.63) is 81.7 Å². The van der Waals surface area contributed by atoms with Crippen molar-refractivity contribution < 1.29 is 4.74 Å². The van der Waals surface area contributed by atoms with Gasteiger partial charge in [-0.2, -0.15) is 10.1 Å². The van der Waals surface area contributed by atoms with Crippen LogP contribution in [0.25, 0.3) is 16.7 Å². The van der Waals surface area contributed by atoms with Gasteiger partial charge in [0.25, 0.3) is 5.56 Å². The Morgan fingerprint density at radius 2 is 1.93 bits per heavy atom. The molecule has 0 aliphatic rings. The minimum absolute atomic E-state index is 0.212. The average molecular weight is 396 g/mol. The Hall–Kier alpha value is -3.16. The van der Waals surface area contributed by atoms with E-state index in [0.29, 0.717) is 28.6 Å². The molecule has 8 heteroatoms. The number of para-hydroxylation sites is 1. The highest BCUT2D eigenvalue weighted by Gasteiger charge is 2.16. The summed E-state index contributed by atoms with van der Waals surface area (Å²) in [6.45, 7) is 0.390. The lowest BCUT2D eigenvalue weighted by Crippen LogP contribution is -2.20. The van der Waals surface area contributed by atoms with E-state index >= 15 is 0 Å². The number of aromatic nitrogens is 4. The maximum atomic E-state index is 12.5. The zero-order valence-electron chi connectivity index (χ0n) is 15.1. The summed E-state index contributed by atoms with van der Waals surface area (Å²) in [6.07, 6.45) is 1.52. The summed E-state index contributed by atoms with van der Waals surface area (Å²) in [5.41, 5.74) is 2.00. The van der Waals surface area contributed by atoms with Crippen molar-refractivity contribution in [3.8, 4) is 5.69 Å². The van der Waals surface area contributed by atoms with Crippen LogP contribution in [0, 0.1) is 0 Å². The fourth-order valence-electron chi connectivity index (χ4n) is 2.99. The van der Waals surface area contributed by atoms with Crippen molar-refractivity contribution >= 4 is 28.6 Å². The first kappa shape index (κ1) is 18.2. The van der Waals surface area contributed by atoms with Crippen molar-refractivity contribution in [3.63, 3.8) is 0 Å². The number of benzene rings is 2. The smallest absolute Gasteiger partial charge is 0.263 e. The average Bonchev–Trinajstić information content (AvgIpc) is 3.13. The molecule has 0 aliphatic carbocycles.